The van der Waals surface area contributed by atoms with Gasteiger partial charge in [0.2, 0.25) is 0 Å². The normalized spacial score (nSPS) is 18.9. The Kier molecular flexibility index (Phi) is 5.09. The van der Waals surface area contributed by atoms with Gasteiger partial charge in [-0.2, -0.15) is 0 Å². The number of allylic oxidation sites excluding steroid dienone is 1. The van der Waals surface area contributed by atoms with Crippen LogP contribution in [0, 0.1) is 18.3 Å². The maximum atomic E-state index is 4.64. The van der Waals surface area contributed by atoms with E-state index in [0.717, 1.165) is 28.4 Å². The molecule has 0 unspecified atom stereocenters. The van der Waals surface area contributed by atoms with E-state index in [1.807, 2.05) is 19.3 Å². The highest BCUT2D eigenvalue weighted by molar-refractivity contribution is 5.88. The highest BCUT2D eigenvalue weighted by atomic mass is 15.1. The first-order chi connectivity index (χ1) is 14.9. The summed E-state index contributed by atoms with van der Waals surface area (Å²) in [6, 6.07) is 8.63. The second-order valence-corrected chi connectivity index (χ2v) is 9.89. The molecule has 162 valence electrons. The molecule has 0 amide bonds. The lowest BCUT2D eigenvalue weighted by molar-refractivity contribution is 0.170. The quantitative estimate of drug-likeness (QED) is 0.587. The van der Waals surface area contributed by atoms with Crippen molar-refractivity contribution >= 4 is 16.6 Å². The predicted molar refractivity (Wildman–Crippen MR) is 128 cm³/mol. The molecule has 1 N–H and O–H groups in total. The molecule has 3 aromatic rings. The van der Waals surface area contributed by atoms with Gasteiger partial charge < -0.3 is 14.8 Å². The number of aromatic nitrogens is 3. The lowest BCUT2D eigenvalue weighted by atomic mass is 9.93. The molecule has 3 heterocycles. The van der Waals surface area contributed by atoms with Gasteiger partial charge in [-0.3, -0.25) is 0 Å². The van der Waals surface area contributed by atoms with Gasteiger partial charge >= 0.3 is 0 Å². The molecule has 1 saturated heterocycles. The lowest BCUT2D eigenvalue weighted by Crippen LogP contribution is -2.38. The molecule has 0 bridgehead atoms. The van der Waals surface area contributed by atoms with Crippen LogP contribution < -0.4 is 5.32 Å². The molecule has 1 aliphatic carbocycles. The van der Waals surface area contributed by atoms with Crippen LogP contribution in [-0.2, 0) is 7.05 Å². The highest BCUT2D eigenvalue weighted by Gasteiger charge is 2.39. The summed E-state index contributed by atoms with van der Waals surface area (Å²) in [4.78, 5) is 11.7. The standard InChI is InChI=1S/C26H33N5/c1-18(20-7-11-31(12-8-20)17-26(3)9-10-26)29-25-14-23-13-21(5-6-22(23)15-28-25)24-16-27-19(2)30(24)4/h5-6,13-16,20H,1,7-12,17H2,2-4H3,(H,28,29). The zero-order chi connectivity index (χ0) is 21.6. The molecular formula is C26H33N5. The van der Waals surface area contributed by atoms with Gasteiger partial charge in [-0.15, -0.1) is 0 Å². The van der Waals surface area contributed by atoms with Gasteiger partial charge in [0.05, 0.1) is 11.9 Å². The Morgan fingerprint density at radius 2 is 1.90 bits per heavy atom. The molecule has 5 nitrogen and oxygen atoms in total. The summed E-state index contributed by atoms with van der Waals surface area (Å²) in [6.07, 6.45) is 9.04. The van der Waals surface area contributed by atoms with Crippen LogP contribution in [0.3, 0.4) is 0 Å². The van der Waals surface area contributed by atoms with Crippen molar-refractivity contribution in [3.8, 4) is 11.3 Å². The zero-order valence-electron chi connectivity index (χ0n) is 19.0. The number of aryl methyl sites for hydroxylation is 1. The minimum Gasteiger partial charge on any atom is -0.344 e. The fourth-order valence-corrected chi connectivity index (χ4v) is 4.76. The van der Waals surface area contributed by atoms with Crippen molar-refractivity contribution < 1.29 is 0 Å². The van der Waals surface area contributed by atoms with Crippen LogP contribution in [0.5, 0.6) is 0 Å². The van der Waals surface area contributed by atoms with Crippen molar-refractivity contribution in [1.29, 1.82) is 0 Å². The molecular weight excluding hydrogens is 382 g/mol. The van der Waals surface area contributed by atoms with Gasteiger partial charge in [0, 0.05) is 42.4 Å². The molecule has 0 radical (unpaired) electrons. The van der Waals surface area contributed by atoms with E-state index in [-0.39, 0.29) is 0 Å². The number of hydrogen-bond donors (Lipinski definition) is 1. The first kappa shape index (κ1) is 20.3. The Morgan fingerprint density at radius 1 is 1.13 bits per heavy atom. The number of likely N-dealkylation sites (tertiary alicyclic amines) is 1. The molecule has 5 rings (SSSR count). The Morgan fingerprint density at radius 3 is 2.58 bits per heavy atom. The molecule has 2 fully saturated rings. The summed E-state index contributed by atoms with van der Waals surface area (Å²) in [5, 5.41) is 5.83. The van der Waals surface area contributed by atoms with E-state index >= 15 is 0 Å². The van der Waals surface area contributed by atoms with Crippen LogP contribution in [0.25, 0.3) is 22.0 Å². The van der Waals surface area contributed by atoms with Gasteiger partial charge in [-0.1, -0.05) is 25.6 Å². The van der Waals surface area contributed by atoms with Crippen molar-refractivity contribution in [1.82, 2.24) is 19.4 Å². The fourth-order valence-electron chi connectivity index (χ4n) is 4.76. The van der Waals surface area contributed by atoms with E-state index in [1.165, 1.54) is 56.3 Å². The number of rotatable bonds is 6. The summed E-state index contributed by atoms with van der Waals surface area (Å²) in [5.74, 6) is 2.41. The Balaban J connectivity index is 1.27. The van der Waals surface area contributed by atoms with Gasteiger partial charge in [0.1, 0.15) is 11.6 Å². The van der Waals surface area contributed by atoms with E-state index in [1.54, 1.807) is 0 Å². The molecule has 1 saturated carbocycles. The molecule has 0 spiro atoms. The van der Waals surface area contributed by atoms with Crippen LogP contribution in [-0.4, -0.2) is 39.1 Å². The van der Waals surface area contributed by atoms with E-state index < -0.39 is 0 Å². The van der Waals surface area contributed by atoms with Gasteiger partial charge in [-0.25, -0.2) is 9.97 Å². The highest BCUT2D eigenvalue weighted by Crippen LogP contribution is 2.46. The van der Waals surface area contributed by atoms with Crippen molar-refractivity contribution in [3.05, 3.63) is 54.8 Å². The van der Waals surface area contributed by atoms with Crippen molar-refractivity contribution in [3.63, 3.8) is 0 Å². The molecule has 2 aliphatic rings. The molecule has 31 heavy (non-hydrogen) atoms. The summed E-state index contributed by atoms with van der Waals surface area (Å²) in [7, 11) is 2.06. The number of hydrogen-bond acceptors (Lipinski definition) is 4. The van der Waals surface area contributed by atoms with E-state index in [4.69, 9.17) is 0 Å². The largest absolute Gasteiger partial charge is 0.344 e. The summed E-state index contributed by atoms with van der Waals surface area (Å²) in [5.41, 5.74) is 4.00. The maximum Gasteiger partial charge on any atom is 0.130 e. The van der Waals surface area contributed by atoms with E-state index in [0.29, 0.717) is 11.3 Å². The summed E-state index contributed by atoms with van der Waals surface area (Å²) < 4.78 is 2.12. The van der Waals surface area contributed by atoms with Crippen molar-refractivity contribution in [2.45, 2.75) is 39.5 Å². The number of imidazole rings is 1. The third-order valence-electron chi connectivity index (χ3n) is 7.32. The molecule has 5 heteroatoms. The topological polar surface area (TPSA) is 46.0 Å². The second-order valence-electron chi connectivity index (χ2n) is 9.89. The summed E-state index contributed by atoms with van der Waals surface area (Å²) >= 11 is 0. The molecule has 0 atom stereocenters. The zero-order valence-corrected chi connectivity index (χ0v) is 19.0. The number of fused-ring (bicyclic) bond motifs is 1. The predicted octanol–water partition coefficient (Wildman–Crippen LogP) is 5.38. The second kappa shape index (κ2) is 7.79. The average Bonchev–Trinajstić information content (AvgIpc) is 3.40. The first-order valence-electron chi connectivity index (χ1n) is 11.5. The number of nitrogens with zero attached hydrogens (tertiary/aromatic N) is 4. The smallest absolute Gasteiger partial charge is 0.130 e. The van der Waals surface area contributed by atoms with Crippen LogP contribution in [0.2, 0.25) is 0 Å². The van der Waals surface area contributed by atoms with Crippen LogP contribution in [0.15, 0.2) is 48.9 Å². The third kappa shape index (κ3) is 4.24. The van der Waals surface area contributed by atoms with Crippen LogP contribution in [0.1, 0.15) is 38.4 Å². The molecule has 1 aromatic carbocycles. The van der Waals surface area contributed by atoms with Crippen LogP contribution >= 0.6 is 0 Å². The van der Waals surface area contributed by atoms with Crippen molar-refractivity contribution in [2.24, 2.45) is 18.4 Å². The summed E-state index contributed by atoms with van der Waals surface area (Å²) in [6.45, 7) is 12.4. The van der Waals surface area contributed by atoms with Crippen molar-refractivity contribution in [2.75, 3.05) is 25.0 Å². The maximum absolute atomic E-state index is 4.64. The van der Waals surface area contributed by atoms with E-state index in [2.05, 4.69) is 69.6 Å². The van der Waals surface area contributed by atoms with Gasteiger partial charge in [-0.05, 0) is 68.6 Å². The molecule has 2 aromatic heterocycles. The average molecular weight is 416 g/mol. The minimum atomic E-state index is 0.518. The number of piperidine rings is 1. The fraction of sp³-hybridized carbons (Fsp3) is 0.462. The van der Waals surface area contributed by atoms with Crippen LogP contribution in [0.4, 0.5) is 5.82 Å². The Hall–Kier alpha value is -2.66. The Bertz CT molecular complexity index is 1120. The minimum absolute atomic E-state index is 0.518. The SMILES string of the molecule is C=C(Nc1cc2cc(-c3cnc(C)n3C)ccc2cn1)C1CCN(CC2(C)CC2)CC1. The van der Waals surface area contributed by atoms with E-state index in [9.17, 15) is 0 Å². The number of benzene rings is 1. The third-order valence-corrected chi connectivity index (χ3v) is 7.32. The number of pyridine rings is 1. The monoisotopic (exact) mass is 415 g/mol. The van der Waals surface area contributed by atoms with Gasteiger partial charge in [0.25, 0.3) is 0 Å². The molecule has 1 aliphatic heterocycles. The lowest BCUT2D eigenvalue weighted by Gasteiger charge is -2.34. The Labute approximate surface area is 185 Å². The number of nitrogens with one attached hydrogen (secondary N) is 1. The van der Waals surface area contributed by atoms with Gasteiger partial charge in [0.15, 0.2) is 0 Å². The first-order valence-corrected chi connectivity index (χ1v) is 11.5. The number of anilines is 1.